The van der Waals surface area contributed by atoms with Gasteiger partial charge in [0, 0.05) is 6.16 Å². The minimum Gasteiger partial charge on any atom is -0.481 e. The fraction of sp³-hybridized carbons (Fsp3) is 0.467. The molecule has 0 heterocycles. The monoisotopic (exact) mass is 280 g/mol. The lowest BCUT2D eigenvalue weighted by molar-refractivity contribution is 0.268. The Morgan fingerprint density at radius 3 is 2.42 bits per heavy atom. The van der Waals surface area contributed by atoms with Crippen molar-refractivity contribution in [3.63, 3.8) is 0 Å². The van der Waals surface area contributed by atoms with E-state index in [-0.39, 0.29) is 0 Å². The van der Waals surface area contributed by atoms with Crippen LogP contribution in [0.3, 0.4) is 0 Å². The third-order valence-corrected chi connectivity index (χ3v) is 4.17. The van der Waals surface area contributed by atoms with E-state index in [4.69, 9.17) is 20.2 Å². The predicted molar refractivity (Wildman–Crippen MR) is 79.4 cm³/mol. The molecule has 19 heavy (non-hydrogen) atoms. The Bertz CT molecular complexity index is 420. The van der Waals surface area contributed by atoms with E-state index in [0.29, 0.717) is 19.8 Å². The van der Waals surface area contributed by atoms with E-state index < -0.39 is 8.38 Å². The van der Waals surface area contributed by atoms with Crippen LogP contribution in [0.1, 0.15) is 25.0 Å². The van der Waals surface area contributed by atoms with E-state index in [0.717, 1.165) is 11.9 Å². The second-order valence-electron chi connectivity index (χ2n) is 3.91. The minimum atomic E-state index is -0.847. The molecule has 0 bridgehead atoms. The van der Waals surface area contributed by atoms with Crippen molar-refractivity contribution < 1.29 is 13.8 Å². The van der Waals surface area contributed by atoms with Gasteiger partial charge >= 0.3 is 0 Å². The first-order chi connectivity index (χ1) is 9.21. The number of hydrogen-bond acceptors (Lipinski definition) is 3. The smallest absolute Gasteiger partial charge is 0.175 e. The molecule has 0 aliphatic carbocycles. The summed E-state index contributed by atoms with van der Waals surface area (Å²) in [5.74, 6) is 3.26. The van der Waals surface area contributed by atoms with Crippen LogP contribution in [0.5, 0.6) is 5.75 Å². The molecule has 1 aromatic carbocycles. The highest BCUT2D eigenvalue weighted by Crippen LogP contribution is 2.42. The van der Waals surface area contributed by atoms with Gasteiger partial charge in [0.25, 0.3) is 0 Å². The molecule has 104 valence electrons. The highest BCUT2D eigenvalue weighted by Gasteiger charge is 2.12. The summed E-state index contributed by atoms with van der Waals surface area (Å²) < 4.78 is 16.6. The van der Waals surface area contributed by atoms with Gasteiger partial charge in [0.2, 0.25) is 0 Å². The van der Waals surface area contributed by atoms with Gasteiger partial charge in [0.05, 0.1) is 13.2 Å². The summed E-state index contributed by atoms with van der Waals surface area (Å²) in [5.41, 5.74) is 2.39. The van der Waals surface area contributed by atoms with Crippen LogP contribution >= 0.6 is 8.38 Å². The molecule has 0 radical (unpaired) electrons. The Morgan fingerprint density at radius 2 is 1.89 bits per heavy atom. The Kier molecular flexibility index (Phi) is 7.52. The maximum atomic E-state index is 5.62. The molecule has 0 unspecified atom stereocenters. The minimum absolute atomic E-state index is 0.295. The zero-order chi connectivity index (χ0) is 14.1. The number of ether oxygens (including phenoxy) is 1. The van der Waals surface area contributed by atoms with Gasteiger partial charge in [-0.2, -0.15) is 0 Å². The zero-order valence-electron chi connectivity index (χ0n) is 11.8. The Balaban J connectivity index is 2.69. The summed E-state index contributed by atoms with van der Waals surface area (Å²) in [6.07, 6.45) is 5.98. The molecule has 0 fully saturated rings. The lowest BCUT2D eigenvalue weighted by atomic mass is 10.1. The van der Waals surface area contributed by atoms with Crippen LogP contribution < -0.4 is 4.74 Å². The van der Waals surface area contributed by atoms with Crippen LogP contribution in [-0.2, 0) is 15.2 Å². The van der Waals surface area contributed by atoms with Crippen molar-refractivity contribution in [2.24, 2.45) is 0 Å². The first-order valence-corrected chi connectivity index (χ1v) is 7.76. The van der Waals surface area contributed by atoms with Gasteiger partial charge in [-0.15, -0.1) is 6.42 Å². The third kappa shape index (κ3) is 5.61. The molecular weight excluding hydrogens is 259 g/mol. The number of rotatable bonds is 8. The molecule has 0 saturated heterocycles. The molecule has 0 saturated carbocycles. The Morgan fingerprint density at radius 1 is 1.21 bits per heavy atom. The van der Waals surface area contributed by atoms with Crippen molar-refractivity contribution in [3.05, 3.63) is 29.3 Å². The molecule has 0 aliphatic rings. The Hall–Kier alpha value is -1.07. The van der Waals surface area contributed by atoms with Gasteiger partial charge in [-0.3, -0.25) is 0 Å². The molecule has 0 aromatic heterocycles. The van der Waals surface area contributed by atoms with Crippen LogP contribution in [0.15, 0.2) is 18.2 Å². The van der Waals surface area contributed by atoms with E-state index in [1.54, 1.807) is 0 Å². The molecule has 1 rings (SSSR count). The maximum Gasteiger partial charge on any atom is 0.175 e. The van der Waals surface area contributed by atoms with Crippen LogP contribution in [0.4, 0.5) is 0 Å². The number of hydrogen-bond donors (Lipinski definition) is 0. The van der Waals surface area contributed by atoms with Crippen LogP contribution in [-0.4, -0.2) is 19.8 Å². The van der Waals surface area contributed by atoms with Crippen molar-refractivity contribution in [2.45, 2.75) is 26.9 Å². The van der Waals surface area contributed by atoms with Crippen LogP contribution in [0.25, 0.3) is 0 Å². The predicted octanol–water partition coefficient (Wildman–Crippen LogP) is 3.89. The molecule has 3 nitrogen and oxygen atoms in total. The molecule has 0 aliphatic heterocycles. The van der Waals surface area contributed by atoms with Gasteiger partial charge in [0.1, 0.15) is 12.4 Å². The number of benzene rings is 1. The van der Waals surface area contributed by atoms with Gasteiger partial charge in [0.15, 0.2) is 8.38 Å². The average Bonchev–Trinajstić information content (AvgIpc) is 2.39. The first kappa shape index (κ1) is 16.0. The molecule has 0 amide bonds. The summed E-state index contributed by atoms with van der Waals surface area (Å²) in [5, 5.41) is 0. The molecule has 4 heteroatoms. The number of aryl methyl sites for hydroxylation is 1. The quantitative estimate of drug-likeness (QED) is 0.534. The van der Waals surface area contributed by atoms with Gasteiger partial charge in [-0.1, -0.05) is 12.0 Å². The largest absolute Gasteiger partial charge is 0.481 e. The Labute approximate surface area is 117 Å². The van der Waals surface area contributed by atoms with E-state index in [1.165, 1.54) is 11.1 Å². The van der Waals surface area contributed by atoms with Gasteiger partial charge in [-0.25, -0.2) is 0 Å². The van der Waals surface area contributed by atoms with Gasteiger partial charge in [-0.05, 0) is 44.0 Å². The lowest BCUT2D eigenvalue weighted by Crippen LogP contribution is -1.98. The van der Waals surface area contributed by atoms with Crippen molar-refractivity contribution in [2.75, 3.05) is 19.8 Å². The second kappa shape index (κ2) is 8.93. The normalized spacial score (nSPS) is 10.5. The summed E-state index contributed by atoms with van der Waals surface area (Å²) in [6.45, 7) is 7.67. The second-order valence-corrected chi connectivity index (χ2v) is 5.41. The summed E-state index contributed by atoms with van der Waals surface area (Å²) in [7, 11) is -0.847. The summed E-state index contributed by atoms with van der Waals surface area (Å²) in [4.78, 5) is 0. The highest BCUT2D eigenvalue weighted by atomic mass is 31.2. The average molecular weight is 280 g/mol. The van der Waals surface area contributed by atoms with Crippen molar-refractivity contribution in [1.29, 1.82) is 0 Å². The first-order valence-electron chi connectivity index (χ1n) is 6.40. The molecule has 0 atom stereocenters. The van der Waals surface area contributed by atoms with E-state index in [1.807, 2.05) is 26.0 Å². The van der Waals surface area contributed by atoms with Crippen molar-refractivity contribution in [1.82, 2.24) is 0 Å². The summed E-state index contributed by atoms with van der Waals surface area (Å²) >= 11 is 0. The fourth-order valence-corrected chi connectivity index (χ4v) is 3.08. The van der Waals surface area contributed by atoms with E-state index in [2.05, 4.69) is 18.9 Å². The van der Waals surface area contributed by atoms with E-state index in [9.17, 15) is 0 Å². The third-order valence-electron chi connectivity index (χ3n) is 2.48. The number of terminal acetylenes is 1. The maximum absolute atomic E-state index is 5.62. The molecular formula is C15H21O3P. The molecule has 0 N–H and O–H groups in total. The van der Waals surface area contributed by atoms with Gasteiger partial charge < -0.3 is 13.8 Å². The fourth-order valence-electron chi connectivity index (χ4n) is 1.62. The lowest BCUT2D eigenvalue weighted by Gasteiger charge is -2.17. The van der Waals surface area contributed by atoms with E-state index >= 15 is 0 Å². The SMILES string of the molecule is C#CCOc1ccc(CP(OCC)OCC)c(C)c1. The van der Waals surface area contributed by atoms with Crippen molar-refractivity contribution in [3.8, 4) is 18.1 Å². The van der Waals surface area contributed by atoms with Crippen molar-refractivity contribution >= 4 is 8.38 Å². The highest BCUT2D eigenvalue weighted by molar-refractivity contribution is 7.46. The zero-order valence-corrected chi connectivity index (χ0v) is 12.7. The summed E-state index contributed by atoms with van der Waals surface area (Å²) in [6, 6.07) is 5.98. The topological polar surface area (TPSA) is 27.7 Å². The molecule has 0 spiro atoms. The molecule has 1 aromatic rings. The van der Waals surface area contributed by atoms with Crippen LogP contribution in [0.2, 0.25) is 0 Å². The van der Waals surface area contributed by atoms with Crippen LogP contribution in [0, 0.1) is 19.3 Å². The standard InChI is InChI=1S/C15H21O3P/c1-5-10-16-15-9-8-14(13(4)11-15)12-19(17-6-2)18-7-3/h1,8-9,11H,6-7,10,12H2,2-4H3.